The molecule has 0 bridgehead atoms. The summed E-state index contributed by atoms with van der Waals surface area (Å²) in [6.07, 6.45) is 6.15. The van der Waals surface area contributed by atoms with Crippen molar-refractivity contribution < 1.29 is 18.7 Å². The summed E-state index contributed by atoms with van der Waals surface area (Å²) < 4.78 is 10.5. The third-order valence-corrected chi connectivity index (χ3v) is 6.59. The SMILES string of the molecule is COC(=O)c1cc(-c2ccc(/C=N\NC(=O)[C@@H]3[C@H]4CCCC[C@@]43C)o2)ccc1Cl. The van der Waals surface area contributed by atoms with Crippen molar-refractivity contribution in [3.63, 3.8) is 0 Å². The Bertz CT molecular complexity index is 983. The van der Waals surface area contributed by atoms with Crippen LogP contribution in [0.1, 0.15) is 48.7 Å². The molecule has 6 nitrogen and oxygen atoms in total. The van der Waals surface area contributed by atoms with E-state index in [1.165, 1.54) is 26.2 Å². The predicted octanol–water partition coefficient (Wildman–Crippen LogP) is 4.66. The van der Waals surface area contributed by atoms with E-state index in [2.05, 4.69) is 17.5 Å². The highest BCUT2D eigenvalue weighted by atomic mass is 35.5. The first-order valence-electron chi connectivity index (χ1n) is 9.75. The molecule has 29 heavy (non-hydrogen) atoms. The number of methoxy groups -OCH3 is 1. The smallest absolute Gasteiger partial charge is 0.339 e. The Morgan fingerprint density at radius 1 is 1.31 bits per heavy atom. The number of hydrogen-bond donors (Lipinski definition) is 1. The molecule has 0 unspecified atom stereocenters. The molecule has 0 spiro atoms. The summed E-state index contributed by atoms with van der Waals surface area (Å²) in [7, 11) is 1.30. The molecule has 2 aromatic rings. The van der Waals surface area contributed by atoms with E-state index in [0.29, 0.717) is 28.0 Å². The van der Waals surface area contributed by atoms with Gasteiger partial charge in [0.1, 0.15) is 11.5 Å². The fourth-order valence-electron chi connectivity index (χ4n) is 4.60. The Hall–Kier alpha value is -2.60. The van der Waals surface area contributed by atoms with Crippen molar-refractivity contribution in [2.75, 3.05) is 7.11 Å². The van der Waals surface area contributed by atoms with Gasteiger partial charge in [-0.3, -0.25) is 4.79 Å². The standard InChI is InChI=1S/C22H23ClN2O4/c1-22-10-4-3-5-16(22)19(22)20(26)25-24-12-14-7-9-18(29-14)13-6-8-17(23)15(11-13)21(27)28-2/h6-9,11-12,16,19H,3-5,10H2,1-2H3,(H,25,26)/b24-12-/t16-,19+,22+/m1/s1. The molecule has 0 saturated heterocycles. The van der Waals surface area contributed by atoms with E-state index in [0.717, 1.165) is 12.8 Å². The molecule has 1 heterocycles. The van der Waals surface area contributed by atoms with Crippen LogP contribution in [0.25, 0.3) is 11.3 Å². The Morgan fingerprint density at radius 3 is 2.86 bits per heavy atom. The van der Waals surface area contributed by atoms with E-state index in [9.17, 15) is 9.59 Å². The minimum Gasteiger partial charge on any atom is -0.465 e. The fraction of sp³-hybridized carbons (Fsp3) is 0.409. The summed E-state index contributed by atoms with van der Waals surface area (Å²) >= 11 is 6.05. The number of fused-ring (bicyclic) bond motifs is 1. The molecule has 7 heteroatoms. The van der Waals surface area contributed by atoms with E-state index in [-0.39, 0.29) is 22.8 Å². The third-order valence-electron chi connectivity index (χ3n) is 6.26. The van der Waals surface area contributed by atoms with Crippen LogP contribution in [0.5, 0.6) is 0 Å². The molecule has 4 rings (SSSR count). The van der Waals surface area contributed by atoms with Crippen LogP contribution in [0.4, 0.5) is 0 Å². The van der Waals surface area contributed by atoms with Crippen molar-refractivity contribution in [2.45, 2.75) is 32.6 Å². The quantitative estimate of drug-likeness (QED) is 0.438. The van der Waals surface area contributed by atoms with Gasteiger partial charge in [0, 0.05) is 11.5 Å². The van der Waals surface area contributed by atoms with Crippen molar-refractivity contribution >= 4 is 29.7 Å². The molecule has 1 aromatic heterocycles. The molecule has 3 atom stereocenters. The molecule has 2 aliphatic rings. The number of benzene rings is 1. The van der Waals surface area contributed by atoms with Gasteiger partial charge in [-0.2, -0.15) is 5.10 Å². The summed E-state index contributed by atoms with van der Waals surface area (Å²) in [6, 6.07) is 8.51. The van der Waals surface area contributed by atoms with Crippen LogP contribution in [0.15, 0.2) is 39.9 Å². The lowest BCUT2D eigenvalue weighted by Crippen LogP contribution is -2.22. The molecule has 2 saturated carbocycles. The van der Waals surface area contributed by atoms with Gasteiger partial charge in [0.05, 0.1) is 23.9 Å². The van der Waals surface area contributed by atoms with E-state index in [1.54, 1.807) is 30.3 Å². The second kappa shape index (κ2) is 7.67. The number of nitrogens with one attached hydrogen (secondary N) is 1. The summed E-state index contributed by atoms with van der Waals surface area (Å²) in [5.41, 5.74) is 3.77. The van der Waals surface area contributed by atoms with Crippen molar-refractivity contribution in [3.8, 4) is 11.3 Å². The van der Waals surface area contributed by atoms with Crippen molar-refractivity contribution in [2.24, 2.45) is 22.4 Å². The molecule has 152 valence electrons. The zero-order valence-electron chi connectivity index (χ0n) is 16.4. The molecule has 1 amide bonds. The molecule has 2 fully saturated rings. The Morgan fingerprint density at radius 2 is 2.14 bits per heavy atom. The monoisotopic (exact) mass is 414 g/mol. The summed E-state index contributed by atoms with van der Waals surface area (Å²) in [6.45, 7) is 2.21. The van der Waals surface area contributed by atoms with Gasteiger partial charge in [-0.05, 0) is 54.5 Å². The van der Waals surface area contributed by atoms with E-state index < -0.39 is 5.97 Å². The number of hydrogen-bond acceptors (Lipinski definition) is 5. The lowest BCUT2D eigenvalue weighted by atomic mass is 9.90. The highest BCUT2D eigenvalue weighted by molar-refractivity contribution is 6.33. The lowest BCUT2D eigenvalue weighted by Gasteiger charge is -2.15. The highest BCUT2D eigenvalue weighted by Gasteiger charge is 2.64. The maximum Gasteiger partial charge on any atom is 0.339 e. The molecule has 1 aromatic carbocycles. The molecular weight excluding hydrogens is 392 g/mol. The first-order valence-corrected chi connectivity index (χ1v) is 10.1. The summed E-state index contributed by atoms with van der Waals surface area (Å²) in [5, 5.41) is 4.37. The topological polar surface area (TPSA) is 80.9 Å². The molecule has 1 N–H and O–H groups in total. The summed E-state index contributed by atoms with van der Waals surface area (Å²) in [5.74, 6) is 1.09. The number of rotatable bonds is 5. The van der Waals surface area contributed by atoms with Gasteiger partial charge >= 0.3 is 5.97 Å². The number of esters is 1. The van der Waals surface area contributed by atoms with E-state index in [1.807, 2.05) is 0 Å². The number of furan rings is 1. The van der Waals surface area contributed by atoms with E-state index in [4.69, 9.17) is 20.8 Å². The number of hydrazone groups is 1. The second-order valence-corrected chi connectivity index (χ2v) is 8.37. The zero-order valence-corrected chi connectivity index (χ0v) is 17.2. The van der Waals surface area contributed by atoms with Crippen LogP contribution in [0.3, 0.4) is 0 Å². The zero-order chi connectivity index (χ0) is 20.6. The normalized spacial score (nSPS) is 25.5. The fourth-order valence-corrected chi connectivity index (χ4v) is 4.80. The average molecular weight is 415 g/mol. The van der Waals surface area contributed by atoms with Crippen LogP contribution in [-0.4, -0.2) is 25.2 Å². The van der Waals surface area contributed by atoms with Gasteiger partial charge in [-0.15, -0.1) is 0 Å². The minimum absolute atomic E-state index is 0.0112. The van der Waals surface area contributed by atoms with Crippen LogP contribution >= 0.6 is 11.6 Å². The van der Waals surface area contributed by atoms with Gasteiger partial charge in [-0.25, -0.2) is 10.2 Å². The summed E-state index contributed by atoms with van der Waals surface area (Å²) in [4.78, 5) is 24.2. The van der Waals surface area contributed by atoms with Crippen molar-refractivity contribution in [1.82, 2.24) is 5.43 Å². The Labute approximate surface area is 174 Å². The predicted molar refractivity (Wildman–Crippen MR) is 110 cm³/mol. The maximum absolute atomic E-state index is 12.4. The molecule has 0 radical (unpaired) electrons. The number of carbonyl (C=O) groups excluding carboxylic acids is 2. The number of nitrogens with zero attached hydrogens (tertiary/aromatic N) is 1. The average Bonchev–Trinajstić information content (AvgIpc) is 3.08. The maximum atomic E-state index is 12.4. The minimum atomic E-state index is -0.512. The van der Waals surface area contributed by atoms with Gasteiger partial charge in [-0.1, -0.05) is 31.4 Å². The molecular formula is C22H23ClN2O4. The van der Waals surface area contributed by atoms with Gasteiger partial charge in [0.25, 0.3) is 0 Å². The first-order chi connectivity index (χ1) is 13.9. The highest BCUT2D eigenvalue weighted by Crippen LogP contribution is 2.66. The Balaban J connectivity index is 1.41. The van der Waals surface area contributed by atoms with Gasteiger partial charge in [0.2, 0.25) is 5.91 Å². The number of amides is 1. The second-order valence-electron chi connectivity index (χ2n) is 7.96. The van der Waals surface area contributed by atoms with Crippen LogP contribution < -0.4 is 5.43 Å². The van der Waals surface area contributed by atoms with Gasteiger partial charge in [0.15, 0.2) is 0 Å². The third kappa shape index (κ3) is 3.69. The van der Waals surface area contributed by atoms with Crippen LogP contribution in [0, 0.1) is 17.3 Å². The van der Waals surface area contributed by atoms with Crippen molar-refractivity contribution in [3.05, 3.63) is 46.7 Å². The van der Waals surface area contributed by atoms with Crippen LogP contribution in [0.2, 0.25) is 5.02 Å². The largest absolute Gasteiger partial charge is 0.465 e. The lowest BCUT2D eigenvalue weighted by molar-refractivity contribution is -0.123. The number of ether oxygens (including phenoxy) is 1. The van der Waals surface area contributed by atoms with Gasteiger partial charge < -0.3 is 9.15 Å². The molecule has 2 aliphatic carbocycles. The first kappa shape index (κ1) is 19.7. The number of halogens is 1. The number of carbonyl (C=O) groups is 2. The van der Waals surface area contributed by atoms with Crippen molar-refractivity contribution in [1.29, 1.82) is 0 Å². The van der Waals surface area contributed by atoms with Crippen LogP contribution in [-0.2, 0) is 9.53 Å². The Kier molecular flexibility index (Phi) is 5.21. The molecule has 0 aliphatic heterocycles. The van der Waals surface area contributed by atoms with E-state index >= 15 is 0 Å².